The van der Waals surface area contributed by atoms with Crippen molar-refractivity contribution in [2.45, 2.75) is 27.3 Å². The van der Waals surface area contributed by atoms with Crippen LogP contribution in [0.25, 0.3) is 28.3 Å². The highest BCUT2D eigenvalue weighted by Gasteiger charge is 2.26. The van der Waals surface area contributed by atoms with Crippen LogP contribution < -0.4 is 5.69 Å². The fourth-order valence-electron chi connectivity index (χ4n) is 4.55. The maximum absolute atomic E-state index is 13.6. The average Bonchev–Trinajstić information content (AvgIpc) is 2.94. The van der Waals surface area contributed by atoms with Crippen LogP contribution in [0.15, 0.2) is 83.7 Å². The summed E-state index contributed by atoms with van der Waals surface area (Å²) in [6.45, 7) is 5.70. The summed E-state index contributed by atoms with van der Waals surface area (Å²) in [4.78, 5) is 53.7. The van der Waals surface area contributed by atoms with Crippen LogP contribution in [0, 0.1) is 13.8 Å². The van der Waals surface area contributed by atoms with E-state index in [9.17, 15) is 24.3 Å². The van der Waals surface area contributed by atoms with Gasteiger partial charge in [0.15, 0.2) is 0 Å². The zero-order valence-electron chi connectivity index (χ0n) is 22.7. The van der Waals surface area contributed by atoms with Crippen molar-refractivity contribution in [3.63, 3.8) is 0 Å². The number of hydrogen-bond acceptors (Lipinski definition) is 7. The van der Waals surface area contributed by atoms with Crippen LogP contribution in [0.1, 0.15) is 39.5 Å². The molecule has 41 heavy (non-hydrogen) atoms. The van der Waals surface area contributed by atoms with Crippen LogP contribution in [0.5, 0.6) is 0 Å². The number of esters is 1. The van der Waals surface area contributed by atoms with Gasteiger partial charge in [0.2, 0.25) is 0 Å². The molecule has 2 N–H and O–H groups in total. The van der Waals surface area contributed by atoms with Crippen molar-refractivity contribution < 1.29 is 29.3 Å². The maximum Gasteiger partial charge on any atom is 0.376 e. The van der Waals surface area contributed by atoms with E-state index in [1.165, 1.54) is 16.7 Å². The molecule has 0 atom stereocenters. The number of aliphatic hydroxyl groups is 1. The highest BCUT2D eigenvalue weighted by molar-refractivity contribution is 6.38. The molecule has 0 saturated carbocycles. The molecule has 0 spiro atoms. The van der Waals surface area contributed by atoms with E-state index in [2.05, 4.69) is 4.98 Å². The van der Waals surface area contributed by atoms with Crippen molar-refractivity contribution in [1.29, 1.82) is 0 Å². The van der Waals surface area contributed by atoms with E-state index in [0.717, 1.165) is 11.1 Å². The molecule has 0 aliphatic rings. The summed E-state index contributed by atoms with van der Waals surface area (Å²) < 4.78 is 6.85. The molecular formula is C32H28N2O7. The lowest BCUT2D eigenvalue weighted by atomic mass is 9.97. The van der Waals surface area contributed by atoms with Gasteiger partial charge in [-0.05, 0) is 44.0 Å². The Morgan fingerprint density at radius 2 is 1.54 bits per heavy atom. The predicted octanol–water partition coefficient (Wildman–Crippen LogP) is 4.97. The van der Waals surface area contributed by atoms with Gasteiger partial charge in [-0.3, -0.25) is 9.36 Å². The molecule has 208 valence electrons. The molecule has 3 aromatic carbocycles. The quantitative estimate of drug-likeness (QED) is 0.129. The van der Waals surface area contributed by atoms with Crippen molar-refractivity contribution in [3.05, 3.63) is 117 Å². The van der Waals surface area contributed by atoms with Crippen LogP contribution in [0.4, 0.5) is 0 Å². The monoisotopic (exact) mass is 552 g/mol. The number of hydrogen-bond donors (Lipinski definition) is 2. The number of aliphatic hydroxyl groups excluding tert-OH is 1. The summed E-state index contributed by atoms with van der Waals surface area (Å²) in [5, 5.41) is 18.9. The summed E-state index contributed by atoms with van der Waals surface area (Å²) in [5.74, 6) is -4.06. The lowest BCUT2D eigenvalue weighted by Crippen LogP contribution is -2.29. The molecule has 0 aliphatic heterocycles. The van der Waals surface area contributed by atoms with Crippen molar-refractivity contribution in [1.82, 2.24) is 9.55 Å². The number of carbonyl (C=O) groups excluding carboxylic acids is 2. The summed E-state index contributed by atoms with van der Waals surface area (Å²) >= 11 is 0. The Balaban J connectivity index is 1.91. The van der Waals surface area contributed by atoms with Gasteiger partial charge in [0.25, 0.3) is 5.78 Å². The number of carbonyl (C=O) groups is 3. The molecule has 4 rings (SSSR count). The van der Waals surface area contributed by atoms with E-state index >= 15 is 0 Å². The minimum Gasteiger partial charge on any atom is -0.507 e. The third-order valence-corrected chi connectivity index (χ3v) is 6.27. The number of nitrogens with zero attached hydrogens (tertiary/aromatic N) is 2. The van der Waals surface area contributed by atoms with E-state index in [1.807, 2.05) is 38.1 Å². The minimum atomic E-state index is -1.69. The minimum absolute atomic E-state index is 0.0222. The molecule has 0 radical (unpaired) electrons. The highest BCUT2D eigenvalue weighted by atomic mass is 16.5. The zero-order valence-corrected chi connectivity index (χ0v) is 22.7. The van der Waals surface area contributed by atoms with Gasteiger partial charge < -0.3 is 14.9 Å². The normalized spacial score (nSPS) is 11.2. The Hall–Kier alpha value is -5.31. The zero-order chi connectivity index (χ0) is 29.7. The van der Waals surface area contributed by atoms with Gasteiger partial charge in [-0.25, -0.2) is 14.4 Å². The molecule has 0 bridgehead atoms. The molecule has 0 saturated heterocycles. The second kappa shape index (κ2) is 12.3. The van der Waals surface area contributed by atoms with Crippen LogP contribution in [0.2, 0.25) is 0 Å². The van der Waals surface area contributed by atoms with Gasteiger partial charge in [0.1, 0.15) is 11.3 Å². The van der Waals surface area contributed by atoms with E-state index in [0.29, 0.717) is 28.5 Å². The fourth-order valence-corrected chi connectivity index (χ4v) is 4.55. The Labute approximate surface area is 236 Å². The topological polar surface area (TPSA) is 136 Å². The van der Waals surface area contributed by atoms with Gasteiger partial charge in [-0.2, -0.15) is 4.98 Å². The summed E-state index contributed by atoms with van der Waals surface area (Å²) in [6, 6.07) is 21.0. The van der Waals surface area contributed by atoms with Crippen molar-refractivity contribution in [2.75, 3.05) is 6.61 Å². The Bertz CT molecular complexity index is 1700. The molecule has 0 unspecified atom stereocenters. The van der Waals surface area contributed by atoms with Crippen molar-refractivity contribution in [3.8, 4) is 22.5 Å². The predicted molar refractivity (Wildman–Crippen MR) is 154 cm³/mol. The smallest absolute Gasteiger partial charge is 0.376 e. The maximum atomic E-state index is 13.6. The van der Waals surface area contributed by atoms with Gasteiger partial charge in [0, 0.05) is 17.2 Å². The molecule has 0 amide bonds. The first-order valence-electron chi connectivity index (χ1n) is 12.8. The number of carboxylic acids is 1. The summed E-state index contributed by atoms with van der Waals surface area (Å²) in [6.07, 6.45) is 0.622. The van der Waals surface area contributed by atoms with Gasteiger partial charge in [-0.1, -0.05) is 71.8 Å². The summed E-state index contributed by atoms with van der Waals surface area (Å²) in [5.41, 5.74) is 4.13. The van der Waals surface area contributed by atoms with Gasteiger partial charge in [0.05, 0.1) is 24.5 Å². The molecule has 0 fully saturated rings. The number of aryl methyl sites for hydroxylation is 2. The first kappa shape index (κ1) is 28.7. The Morgan fingerprint density at radius 1 is 0.902 bits per heavy atom. The molecule has 1 aromatic heterocycles. The van der Waals surface area contributed by atoms with Crippen LogP contribution in [0.3, 0.4) is 0 Å². The van der Waals surface area contributed by atoms with E-state index < -0.39 is 29.2 Å². The van der Waals surface area contributed by atoms with E-state index in [4.69, 9.17) is 9.84 Å². The van der Waals surface area contributed by atoms with E-state index in [-0.39, 0.29) is 30.0 Å². The molecular weight excluding hydrogens is 524 g/mol. The second-order valence-corrected chi connectivity index (χ2v) is 9.41. The SMILES string of the molecule is CCOC(=O)c1c(-c2cc(C)cc(C)c2)nc(=O)n(Cc2ccc(C(O)=CC(=O)C(=O)O)cc2)c1-c1ccccc1. The van der Waals surface area contributed by atoms with E-state index in [1.54, 1.807) is 43.3 Å². The first-order chi connectivity index (χ1) is 19.6. The molecule has 4 aromatic rings. The number of ketones is 1. The number of rotatable bonds is 9. The molecule has 1 heterocycles. The lowest BCUT2D eigenvalue weighted by Gasteiger charge is -2.20. The average molecular weight is 553 g/mol. The van der Waals surface area contributed by atoms with Crippen LogP contribution in [-0.4, -0.2) is 44.1 Å². The second-order valence-electron chi connectivity index (χ2n) is 9.41. The third-order valence-electron chi connectivity index (χ3n) is 6.27. The largest absolute Gasteiger partial charge is 0.507 e. The number of carboxylic acid groups (broad SMARTS) is 1. The Kier molecular flexibility index (Phi) is 8.57. The molecule has 0 aliphatic carbocycles. The van der Waals surface area contributed by atoms with Crippen LogP contribution >= 0.6 is 0 Å². The number of aliphatic carboxylic acids is 1. The van der Waals surface area contributed by atoms with Crippen molar-refractivity contribution >= 4 is 23.5 Å². The van der Waals surface area contributed by atoms with Crippen LogP contribution in [-0.2, 0) is 20.9 Å². The third kappa shape index (κ3) is 6.47. The lowest BCUT2D eigenvalue weighted by molar-refractivity contribution is -0.146. The molecule has 9 nitrogen and oxygen atoms in total. The number of benzene rings is 3. The fraction of sp³-hybridized carbons (Fsp3) is 0.156. The number of aromatic nitrogens is 2. The number of ether oxygens (including phenoxy) is 1. The molecule has 9 heteroatoms. The van der Waals surface area contributed by atoms with Gasteiger partial charge >= 0.3 is 17.6 Å². The summed E-state index contributed by atoms with van der Waals surface area (Å²) in [7, 11) is 0. The van der Waals surface area contributed by atoms with Gasteiger partial charge in [-0.15, -0.1) is 0 Å². The first-order valence-corrected chi connectivity index (χ1v) is 12.8. The standard InChI is InChI=1S/C32H28N2O7/c1-4-41-31(39)27-28(24-15-19(2)14-20(3)16-24)33-32(40)34(29(27)23-8-6-5-7-9-23)18-21-10-12-22(13-11-21)25(35)17-26(36)30(37)38/h5-17,35H,4,18H2,1-3H3,(H,37,38). The Morgan fingerprint density at radius 3 is 2.12 bits per heavy atom. The highest BCUT2D eigenvalue weighted by Crippen LogP contribution is 2.32. The van der Waals surface area contributed by atoms with Crippen molar-refractivity contribution in [2.24, 2.45) is 0 Å².